The van der Waals surface area contributed by atoms with Crippen LogP contribution in [0, 0.1) is 0 Å². The number of sulfonamides is 1. The van der Waals surface area contributed by atoms with Crippen molar-refractivity contribution in [2.45, 2.75) is 37.1 Å². The highest BCUT2D eigenvalue weighted by Gasteiger charge is 2.31. The van der Waals surface area contributed by atoms with E-state index in [1.807, 2.05) is 6.92 Å². The van der Waals surface area contributed by atoms with Crippen molar-refractivity contribution in [2.24, 2.45) is 0 Å². The fraction of sp³-hybridized carbons (Fsp3) is 0.500. The number of benzene rings is 1. The highest BCUT2D eigenvalue weighted by molar-refractivity contribution is 7.89. The third-order valence-corrected chi connectivity index (χ3v) is 5.34. The number of anilines is 1. The van der Waals surface area contributed by atoms with Crippen LogP contribution >= 0.6 is 0 Å². The Balaban J connectivity index is 2.39. The lowest BCUT2D eigenvalue weighted by Gasteiger charge is -2.32. The molecule has 0 spiro atoms. The summed E-state index contributed by atoms with van der Waals surface area (Å²) in [6, 6.07) is 6.72. The van der Waals surface area contributed by atoms with Gasteiger partial charge in [0.2, 0.25) is 10.0 Å². The van der Waals surface area contributed by atoms with Gasteiger partial charge >= 0.3 is 0 Å². The summed E-state index contributed by atoms with van der Waals surface area (Å²) >= 11 is 0. The number of piperidine rings is 1. The number of rotatable bonds is 2. The highest BCUT2D eigenvalue weighted by atomic mass is 32.2. The molecule has 1 atom stereocenters. The van der Waals surface area contributed by atoms with Gasteiger partial charge in [-0.25, -0.2) is 8.42 Å². The van der Waals surface area contributed by atoms with Crippen LogP contribution in [0.3, 0.4) is 0 Å². The third-order valence-electron chi connectivity index (χ3n) is 3.25. The molecule has 1 aliphatic rings. The number of hydrogen-bond donors (Lipinski definition) is 1. The topological polar surface area (TPSA) is 63.4 Å². The normalized spacial score (nSPS) is 22.5. The summed E-state index contributed by atoms with van der Waals surface area (Å²) in [7, 11) is -3.43. The molecule has 0 amide bonds. The van der Waals surface area contributed by atoms with Crippen LogP contribution in [0.2, 0.25) is 0 Å². The first-order chi connectivity index (χ1) is 8.03. The van der Waals surface area contributed by atoms with Gasteiger partial charge in [-0.3, -0.25) is 0 Å². The van der Waals surface area contributed by atoms with Gasteiger partial charge in [0.1, 0.15) is 4.90 Å². The van der Waals surface area contributed by atoms with Gasteiger partial charge in [0.05, 0.1) is 5.69 Å². The SMILES string of the molecule is C[C@H]1CCCCN1S(=O)(=O)c1ccccc1N. The van der Waals surface area contributed by atoms with Crippen LogP contribution in [0.5, 0.6) is 0 Å². The van der Waals surface area contributed by atoms with Crippen molar-refractivity contribution in [1.29, 1.82) is 0 Å². The van der Waals surface area contributed by atoms with E-state index < -0.39 is 10.0 Å². The van der Waals surface area contributed by atoms with E-state index in [-0.39, 0.29) is 10.9 Å². The molecule has 2 N–H and O–H groups in total. The molecule has 0 saturated carbocycles. The second-order valence-electron chi connectivity index (χ2n) is 4.50. The van der Waals surface area contributed by atoms with E-state index in [1.165, 1.54) is 0 Å². The molecule has 0 bridgehead atoms. The molecule has 1 aromatic rings. The van der Waals surface area contributed by atoms with Crippen LogP contribution in [0.4, 0.5) is 5.69 Å². The van der Waals surface area contributed by atoms with Crippen molar-refractivity contribution in [2.75, 3.05) is 12.3 Å². The lowest BCUT2D eigenvalue weighted by Crippen LogP contribution is -2.42. The maximum absolute atomic E-state index is 12.5. The van der Waals surface area contributed by atoms with Crippen LogP contribution in [0.1, 0.15) is 26.2 Å². The average molecular weight is 254 g/mol. The van der Waals surface area contributed by atoms with E-state index in [2.05, 4.69) is 0 Å². The largest absolute Gasteiger partial charge is 0.398 e. The van der Waals surface area contributed by atoms with Crippen molar-refractivity contribution < 1.29 is 8.42 Å². The van der Waals surface area contributed by atoms with Crippen LogP contribution in [0.15, 0.2) is 29.2 Å². The maximum Gasteiger partial charge on any atom is 0.245 e. The number of nitrogen functional groups attached to an aromatic ring is 1. The van der Waals surface area contributed by atoms with Gasteiger partial charge in [-0.2, -0.15) is 4.31 Å². The van der Waals surface area contributed by atoms with E-state index in [4.69, 9.17) is 5.73 Å². The minimum Gasteiger partial charge on any atom is -0.398 e. The summed E-state index contributed by atoms with van der Waals surface area (Å²) in [4.78, 5) is 0.230. The predicted octanol–water partition coefficient (Wildman–Crippen LogP) is 1.83. The zero-order valence-electron chi connectivity index (χ0n) is 9.96. The Labute approximate surface area is 102 Å². The van der Waals surface area contributed by atoms with Crippen LogP contribution in [0.25, 0.3) is 0 Å². The van der Waals surface area contributed by atoms with Crippen molar-refractivity contribution >= 4 is 15.7 Å². The standard InChI is InChI=1S/C12H18N2O2S/c1-10-6-4-5-9-14(10)17(15,16)12-8-3-2-7-11(12)13/h2-3,7-8,10H,4-6,9,13H2,1H3/t10-/m0/s1. The van der Waals surface area contributed by atoms with Gasteiger partial charge in [-0.1, -0.05) is 18.6 Å². The maximum atomic E-state index is 12.5. The molecule has 1 saturated heterocycles. The van der Waals surface area contributed by atoms with Crippen molar-refractivity contribution in [3.05, 3.63) is 24.3 Å². The number of para-hydroxylation sites is 1. The Morgan fingerprint density at radius 3 is 2.65 bits per heavy atom. The summed E-state index contributed by atoms with van der Waals surface area (Å²) in [5.41, 5.74) is 6.08. The van der Waals surface area contributed by atoms with Gasteiger partial charge in [0.15, 0.2) is 0 Å². The quantitative estimate of drug-likeness (QED) is 0.819. The van der Waals surface area contributed by atoms with Crippen molar-refractivity contribution in [3.8, 4) is 0 Å². The monoisotopic (exact) mass is 254 g/mol. The van der Waals surface area contributed by atoms with Gasteiger partial charge in [-0.05, 0) is 31.9 Å². The Morgan fingerprint density at radius 1 is 1.29 bits per heavy atom. The van der Waals surface area contributed by atoms with Crippen LogP contribution < -0.4 is 5.73 Å². The molecule has 1 fully saturated rings. The van der Waals surface area contributed by atoms with E-state index in [0.717, 1.165) is 19.3 Å². The summed E-state index contributed by atoms with van der Waals surface area (Å²) in [6.45, 7) is 2.55. The number of hydrogen-bond acceptors (Lipinski definition) is 3. The third kappa shape index (κ3) is 2.30. The molecule has 2 rings (SSSR count). The molecule has 1 aliphatic heterocycles. The number of nitrogens with zero attached hydrogens (tertiary/aromatic N) is 1. The first kappa shape index (κ1) is 12.4. The summed E-state index contributed by atoms with van der Waals surface area (Å²) in [6.07, 6.45) is 2.94. The Bertz CT molecular complexity index is 499. The second-order valence-corrected chi connectivity index (χ2v) is 6.36. The van der Waals surface area contributed by atoms with Crippen molar-refractivity contribution in [1.82, 2.24) is 4.31 Å². The average Bonchev–Trinajstić information content (AvgIpc) is 2.29. The predicted molar refractivity (Wildman–Crippen MR) is 68.1 cm³/mol. The molecular weight excluding hydrogens is 236 g/mol. The van der Waals surface area contributed by atoms with E-state index in [9.17, 15) is 8.42 Å². The molecule has 5 heteroatoms. The summed E-state index contributed by atoms with van der Waals surface area (Å²) in [5, 5.41) is 0. The van der Waals surface area contributed by atoms with E-state index >= 15 is 0 Å². The molecule has 4 nitrogen and oxygen atoms in total. The second kappa shape index (κ2) is 4.66. The molecule has 0 radical (unpaired) electrons. The molecule has 0 aliphatic carbocycles. The highest BCUT2D eigenvalue weighted by Crippen LogP contribution is 2.27. The minimum absolute atomic E-state index is 0.0633. The lowest BCUT2D eigenvalue weighted by atomic mass is 10.1. The smallest absolute Gasteiger partial charge is 0.245 e. The first-order valence-corrected chi connectivity index (χ1v) is 7.34. The zero-order valence-corrected chi connectivity index (χ0v) is 10.8. The molecule has 17 heavy (non-hydrogen) atoms. The molecular formula is C12H18N2O2S. The molecule has 1 aromatic carbocycles. The number of nitrogens with two attached hydrogens (primary N) is 1. The van der Waals surface area contributed by atoms with Crippen LogP contribution in [-0.2, 0) is 10.0 Å². The molecule has 1 heterocycles. The Hall–Kier alpha value is -1.07. The first-order valence-electron chi connectivity index (χ1n) is 5.90. The Kier molecular flexibility index (Phi) is 3.40. The lowest BCUT2D eigenvalue weighted by molar-refractivity contribution is 0.269. The zero-order chi connectivity index (χ0) is 12.5. The van der Waals surface area contributed by atoms with Gasteiger partial charge < -0.3 is 5.73 Å². The van der Waals surface area contributed by atoms with Gasteiger partial charge in [0, 0.05) is 12.6 Å². The molecule has 0 unspecified atom stereocenters. The minimum atomic E-state index is -3.43. The summed E-state index contributed by atoms with van der Waals surface area (Å²) < 4.78 is 26.5. The Morgan fingerprint density at radius 2 is 2.00 bits per heavy atom. The fourth-order valence-corrected chi connectivity index (χ4v) is 4.09. The molecule has 94 valence electrons. The fourth-order valence-electron chi connectivity index (χ4n) is 2.27. The van der Waals surface area contributed by atoms with Gasteiger partial charge in [0.25, 0.3) is 0 Å². The van der Waals surface area contributed by atoms with Crippen molar-refractivity contribution in [3.63, 3.8) is 0 Å². The van der Waals surface area contributed by atoms with E-state index in [0.29, 0.717) is 12.2 Å². The summed E-state index contributed by atoms with van der Waals surface area (Å²) in [5.74, 6) is 0. The van der Waals surface area contributed by atoms with Crippen LogP contribution in [-0.4, -0.2) is 25.3 Å². The van der Waals surface area contributed by atoms with E-state index in [1.54, 1.807) is 28.6 Å². The molecule has 0 aromatic heterocycles. The van der Waals surface area contributed by atoms with Gasteiger partial charge in [-0.15, -0.1) is 0 Å².